The predicted molar refractivity (Wildman–Crippen MR) is 83.9 cm³/mol. The van der Waals surface area contributed by atoms with Gasteiger partial charge in [0.25, 0.3) is 0 Å². The Balaban J connectivity index is 2.37. The number of hydrogen-bond donors (Lipinski definition) is 0. The van der Waals surface area contributed by atoms with E-state index in [1.54, 1.807) is 5.41 Å². The highest BCUT2D eigenvalue weighted by atomic mass is 33.1. The van der Waals surface area contributed by atoms with Gasteiger partial charge in [0.1, 0.15) is 0 Å². The van der Waals surface area contributed by atoms with Crippen LogP contribution in [0.1, 0.15) is 5.56 Å². The van der Waals surface area contributed by atoms with Crippen LogP contribution in [0.2, 0.25) is 0 Å². The quantitative estimate of drug-likeness (QED) is 0.546. The highest BCUT2D eigenvalue weighted by Crippen LogP contribution is 2.15. The predicted octanol–water partition coefficient (Wildman–Crippen LogP) is 2.70. The van der Waals surface area contributed by atoms with Crippen LogP contribution >= 0.6 is 10.8 Å². The average molecular weight is 316 g/mol. The molecular weight excluding hydrogens is 300 g/mol. The summed E-state index contributed by atoms with van der Waals surface area (Å²) in [5.74, 6) is 0.374. The summed E-state index contributed by atoms with van der Waals surface area (Å²) in [6, 6.07) is 9.53. The van der Waals surface area contributed by atoms with Crippen LogP contribution < -0.4 is 0 Å². The van der Waals surface area contributed by atoms with Crippen molar-refractivity contribution in [2.24, 2.45) is 0 Å². The van der Waals surface area contributed by atoms with Crippen molar-refractivity contribution in [1.29, 1.82) is 0 Å². The SMILES string of the molecule is C=CCS(=O)(=O)C/C=C\SS(=O)Cc1ccccc1. The van der Waals surface area contributed by atoms with Crippen LogP contribution in [0.15, 0.2) is 54.5 Å². The normalized spacial score (nSPS) is 13.5. The molecule has 1 aromatic rings. The highest BCUT2D eigenvalue weighted by Gasteiger charge is 2.05. The van der Waals surface area contributed by atoms with Crippen LogP contribution in [0.25, 0.3) is 0 Å². The summed E-state index contributed by atoms with van der Waals surface area (Å²) >= 11 is 0. The monoisotopic (exact) mass is 316 g/mol. The van der Waals surface area contributed by atoms with E-state index in [2.05, 4.69) is 6.58 Å². The molecule has 0 aliphatic rings. The molecule has 1 aromatic carbocycles. The van der Waals surface area contributed by atoms with Gasteiger partial charge >= 0.3 is 0 Å². The van der Waals surface area contributed by atoms with Crippen molar-refractivity contribution in [3.8, 4) is 0 Å². The van der Waals surface area contributed by atoms with E-state index in [0.29, 0.717) is 5.75 Å². The maximum atomic E-state index is 11.7. The topological polar surface area (TPSA) is 51.2 Å². The van der Waals surface area contributed by atoms with Crippen LogP contribution in [0.3, 0.4) is 0 Å². The van der Waals surface area contributed by atoms with Crippen molar-refractivity contribution in [3.63, 3.8) is 0 Å². The Kier molecular flexibility index (Phi) is 7.12. The van der Waals surface area contributed by atoms with Crippen LogP contribution in [0.5, 0.6) is 0 Å². The number of hydrogen-bond acceptors (Lipinski definition) is 4. The van der Waals surface area contributed by atoms with E-state index in [1.807, 2.05) is 30.3 Å². The molecule has 0 fully saturated rings. The largest absolute Gasteiger partial charge is 0.247 e. The summed E-state index contributed by atoms with van der Waals surface area (Å²) in [6.45, 7) is 3.39. The Morgan fingerprint density at radius 3 is 2.53 bits per heavy atom. The van der Waals surface area contributed by atoms with Gasteiger partial charge in [0.15, 0.2) is 9.84 Å². The molecule has 0 saturated carbocycles. The molecule has 1 atom stereocenters. The van der Waals surface area contributed by atoms with E-state index in [1.165, 1.54) is 12.2 Å². The second kappa shape index (κ2) is 8.35. The minimum absolute atomic E-state index is 0.0326. The van der Waals surface area contributed by atoms with Crippen molar-refractivity contribution >= 4 is 30.5 Å². The van der Waals surface area contributed by atoms with E-state index in [-0.39, 0.29) is 11.5 Å². The van der Waals surface area contributed by atoms with Gasteiger partial charge in [-0.05, 0) is 21.8 Å². The van der Waals surface area contributed by atoms with Crippen LogP contribution in [0.4, 0.5) is 0 Å². The molecule has 6 heteroatoms. The molecule has 0 aliphatic heterocycles. The van der Waals surface area contributed by atoms with Gasteiger partial charge in [-0.1, -0.05) is 42.5 Å². The molecule has 3 nitrogen and oxygen atoms in total. The Labute approximate surface area is 120 Å². The van der Waals surface area contributed by atoms with Crippen molar-refractivity contribution in [3.05, 3.63) is 60.0 Å². The van der Waals surface area contributed by atoms with Gasteiger partial charge in [-0.2, -0.15) is 0 Å². The third-order valence-electron chi connectivity index (χ3n) is 2.11. The van der Waals surface area contributed by atoms with E-state index in [9.17, 15) is 12.6 Å². The summed E-state index contributed by atoms with van der Waals surface area (Å²) < 4.78 is 34.4. The summed E-state index contributed by atoms with van der Waals surface area (Å²) in [7, 11) is -3.06. The standard InChI is InChI=1S/C13H16O3S3/c1-2-10-19(15,16)11-6-9-17-18(14)12-13-7-4-3-5-8-13/h2-9H,1,10-12H2/b9-6-. The molecule has 19 heavy (non-hydrogen) atoms. The van der Waals surface area contributed by atoms with Crippen LogP contribution in [-0.2, 0) is 25.4 Å². The summed E-state index contributed by atoms with van der Waals surface area (Å²) in [5.41, 5.74) is 1.00. The molecule has 0 amide bonds. The Morgan fingerprint density at radius 1 is 1.21 bits per heavy atom. The molecule has 0 heterocycles. The number of rotatable bonds is 8. The lowest BCUT2D eigenvalue weighted by atomic mass is 10.2. The molecule has 0 spiro atoms. The Bertz CT molecular complexity index is 548. The summed E-state index contributed by atoms with van der Waals surface area (Å²) in [4.78, 5) is 0. The van der Waals surface area contributed by atoms with E-state index in [0.717, 1.165) is 16.4 Å². The molecule has 0 aromatic heterocycles. The molecule has 104 valence electrons. The lowest BCUT2D eigenvalue weighted by Crippen LogP contribution is -2.06. The first-order chi connectivity index (χ1) is 9.03. The third-order valence-corrected chi connectivity index (χ3v) is 5.97. The van der Waals surface area contributed by atoms with Gasteiger partial charge in [0.2, 0.25) is 0 Å². The second-order valence-electron chi connectivity index (χ2n) is 3.77. The van der Waals surface area contributed by atoms with Crippen LogP contribution in [-0.4, -0.2) is 24.1 Å². The van der Waals surface area contributed by atoms with Gasteiger partial charge in [-0.25, -0.2) is 12.6 Å². The molecule has 0 radical (unpaired) electrons. The fourth-order valence-electron chi connectivity index (χ4n) is 1.28. The van der Waals surface area contributed by atoms with Gasteiger partial charge in [-0.15, -0.1) is 6.58 Å². The minimum Gasteiger partial charge on any atom is -0.247 e. The minimum atomic E-state index is -3.11. The first-order valence-electron chi connectivity index (χ1n) is 5.59. The van der Waals surface area contributed by atoms with Gasteiger partial charge < -0.3 is 0 Å². The molecule has 0 bridgehead atoms. The lowest BCUT2D eigenvalue weighted by molar-refractivity contribution is 0.602. The van der Waals surface area contributed by atoms with Gasteiger partial charge in [0.05, 0.1) is 27.1 Å². The van der Waals surface area contributed by atoms with E-state index < -0.39 is 19.7 Å². The number of benzene rings is 1. The van der Waals surface area contributed by atoms with Gasteiger partial charge in [0, 0.05) is 0 Å². The third kappa shape index (κ3) is 7.34. The maximum Gasteiger partial charge on any atom is 0.157 e. The summed E-state index contributed by atoms with van der Waals surface area (Å²) in [5, 5.41) is 1.58. The Morgan fingerprint density at radius 2 is 1.89 bits per heavy atom. The van der Waals surface area contributed by atoms with E-state index in [4.69, 9.17) is 0 Å². The zero-order valence-electron chi connectivity index (χ0n) is 10.4. The molecule has 1 unspecified atom stereocenters. The fourth-order valence-corrected chi connectivity index (χ4v) is 4.34. The fraction of sp³-hybridized carbons (Fsp3) is 0.231. The highest BCUT2D eigenvalue weighted by molar-refractivity contribution is 8.70. The van der Waals surface area contributed by atoms with E-state index >= 15 is 0 Å². The molecule has 0 N–H and O–H groups in total. The smallest absolute Gasteiger partial charge is 0.157 e. The summed E-state index contributed by atoms with van der Waals surface area (Å²) in [6.07, 6.45) is 2.89. The van der Waals surface area contributed by atoms with Crippen molar-refractivity contribution in [2.45, 2.75) is 5.75 Å². The zero-order chi connectivity index (χ0) is 14.1. The second-order valence-corrected chi connectivity index (χ2v) is 8.97. The number of sulfone groups is 1. The first-order valence-corrected chi connectivity index (χ1v) is 10.1. The zero-order valence-corrected chi connectivity index (χ0v) is 12.8. The van der Waals surface area contributed by atoms with Crippen molar-refractivity contribution in [1.82, 2.24) is 0 Å². The van der Waals surface area contributed by atoms with Gasteiger partial charge in [-0.3, -0.25) is 0 Å². The maximum absolute atomic E-state index is 11.7. The molecular formula is C13H16O3S3. The first kappa shape index (κ1) is 16.2. The lowest BCUT2D eigenvalue weighted by Gasteiger charge is -1.98. The Hall–Kier alpha value is -0.850. The van der Waals surface area contributed by atoms with Crippen molar-refractivity contribution < 1.29 is 12.6 Å². The molecule has 0 saturated heterocycles. The average Bonchev–Trinajstić information content (AvgIpc) is 2.36. The van der Waals surface area contributed by atoms with Crippen molar-refractivity contribution in [2.75, 3.05) is 11.5 Å². The molecule has 0 aliphatic carbocycles. The van der Waals surface area contributed by atoms with Crippen LogP contribution in [0, 0.1) is 0 Å². The molecule has 1 rings (SSSR count).